The van der Waals surface area contributed by atoms with E-state index in [0.29, 0.717) is 23.8 Å². The summed E-state index contributed by atoms with van der Waals surface area (Å²) in [5, 5.41) is 11.7. The highest BCUT2D eigenvalue weighted by Crippen LogP contribution is 2.17. The molecule has 1 saturated heterocycles. The van der Waals surface area contributed by atoms with Crippen LogP contribution in [0.25, 0.3) is 0 Å². The lowest BCUT2D eigenvalue weighted by Gasteiger charge is -2.10. The normalized spacial score (nSPS) is 20.4. The van der Waals surface area contributed by atoms with Gasteiger partial charge in [-0.15, -0.1) is 0 Å². The summed E-state index contributed by atoms with van der Waals surface area (Å²) in [4.78, 5) is 0. The molecule has 6 heteroatoms. The van der Waals surface area contributed by atoms with Crippen LogP contribution in [0, 0.1) is 17.2 Å². The summed E-state index contributed by atoms with van der Waals surface area (Å²) in [6.45, 7) is 1.48. The molecule has 1 aromatic carbocycles. The van der Waals surface area contributed by atoms with Gasteiger partial charge >= 0.3 is 0 Å². The number of nitriles is 1. The Morgan fingerprint density at radius 3 is 2.70 bits per heavy atom. The summed E-state index contributed by atoms with van der Waals surface area (Å²) in [7, 11) is -2.79. The predicted molar refractivity (Wildman–Crippen MR) is 76.0 cm³/mol. The molecular formula is C14H18N2O3S. The molecule has 0 aromatic heterocycles. The molecule has 0 aliphatic carbocycles. The van der Waals surface area contributed by atoms with Crippen LogP contribution in [0.4, 0.5) is 0 Å². The van der Waals surface area contributed by atoms with Crippen LogP contribution in [0.5, 0.6) is 5.75 Å². The van der Waals surface area contributed by atoms with Gasteiger partial charge in [0.2, 0.25) is 0 Å². The van der Waals surface area contributed by atoms with Crippen LogP contribution < -0.4 is 10.1 Å². The maximum atomic E-state index is 11.3. The Labute approximate surface area is 119 Å². The Kier molecular flexibility index (Phi) is 4.99. The molecule has 1 N–H and O–H groups in total. The van der Waals surface area contributed by atoms with E-state index in [1.165, 1.54) is 0 Å². The van der Waals surface area contributed by atoms with Gasteiger partial charge < -0.3 is 10.1 Å². The molecule has 0 amide bonds. The molecular weight excluding hydrogens is 276 g/mol. The molecule has 1 atom stereocenters. The Hall–Kier alpha value is -1.58. The Balaban J connectivity index is 1.73. The molecule has 0 spiro atoms. The number of hydrogen-bond acceptors (Lipinski definition) is 5. The molecule has 0 radical (unpaired) electrons. The Morgan fingerprint density at radius 2 is 2.10 bits per heavy atom. The summed E-state index contributed by atoms with van der Waals surface area (Å²) < 4.78 is 27.8. The van der Waals surface area contributed by atoms with Crippen LogP contribution in [0.2, 0.25) is 0 Å². The SMILES string of the molecule is N#CCOc1ccc(CNCC2CCS(=O)(=O)C2)cc1. The third-order valence-corrected chi connectivity index (χ3v) is 5.15. The van der Waals surface area contributed by atoms with Gasteiger partial charge in [0.25, 0.3) is 0 Å². The number of hydrogen-bond donors (Lipinski definition) is 1. The van der Waals surface area contributed by atoms with Gasteiger partial charge in [-0.3, -0.25) is 0 Å². The Morgan fingerprint density at radius 1 is 1.35 bits per heavy atom. The van der Waals surface area contributed by atoms with E-state index in [2.05, 4.69) is 5.32 Å². The van der Waals surface area contributed by atoms with Gasteiger partial charge in [0.15, 0.2) is 16.4 Å². The van der Waals surface area contributed by atoms with Gasteiger partial charge in [0, 0.05) is 6.54 Å². The van der Waals surface area contributed by atoms with Crippen molar-refractivity contribution in [3.8, 4) is 11.8 Å². The van der Waals surface area contributed by atoms with Crippen LogP contribution in [0.3, 0.4) is 0 Å². The molecule has 0 bridgehead atoms. The number of nitrogens with one attached hydrogen (secondary N) is 1. The molecule has 108 valence electrons. The maximum absolute atomic E-state index is 11.3. The van der Waals surface area contributed by atoms with Crippen LogP contribution in [0.15, 0.2) is 24.3 Å². The first-order valence-corrected chi connectivity index (χ1v) is 8.41. The Bertz CT molecular complexity index is 575. The van der Waals surface area contributed by atoms with Crippen molar-refractivity contribution in [2.75, 3.05) is 24.7 Å². The summed E-state index contributed by atoms with van der Waals surface area (Å²) in [6, 6.07) is 9.45. The first kappa shape index (κ1) is 14.8. The van der Waals surface area contributed by atoms with E-state index in [1.807, 2.05) is 30.3 Å². The van der Waals surface area contributed by atoms with Crippen molar-refractivity contribution < 1.29 is 13.2 Å². The third-order valence-electron chi connectivity index (χ3n) is 3.32. The fourth-order valence-electron chi connectivity index (χ4n) is 2.27. The molecule has 1 fully saturated rings. The van der Waals surface area contributed by atoms with E-state index in [1.54, 1.807) is 0 Å². The lowest BCUT2D eigenvalue weighted by atomic mass is 10.1. The highest BCUT2D eigenvalue weighted by molar-refractivity contribution is 7.91. The average Bonchev–Trinajstić information content (AvgIpc) is 2.77. The van der Waals surface area contributed by atoms with Gasteiger partial charge in [-0.1, -0.05) is 12.1 Å². The van der Waals surface area contributed by atoms with Gasteiger partial charge in [0.1, 0.15) is 11.8 Å². The second-order valence-electron chi connectivity index (χ2n) is 4.99. The number of sulfone groups is 1. The van der Waals surface area contributed by atoms with Gasteiger partial charge in [-0.2, -0.15) is 5.26 Å². The minimum atomic E-state index is -2.79. The van der Waals surface area contributed by atoms with Crippen LogP contribution in [0.1, 0.15) is 12.0 Å². The predicted octanol–water partition coefficient (Wildman–Crippen LogP) is 1.11. The van der Waals surface area contributed by atoms with Crippen LogP contribution >= 0.6 is 0 Å². The van der Waals surface area contributed by atoms with E-state index in [4.69, 9.17) is 10.00 Å². The monoisotopic (exact) mass is 294 g/mol. The molecule has 1 aliphatic heterocycles. The summed E-state index contributed by atoms with van der Waals surface area (Å²) in [5.74, 6) is 1.54. The van der Waals surface area contributed by atoms with Gasteiger partial charge in [-0.25, -0.2) is 8.42 Å². The second kappa shape index (κ2) is 6.73. The molecule has 20 heavy (non-hydrogen) atoms. The highest BCUT2D eigenvalue weighted by Gasteiger charge is 2.27. The van der Waals surface area contributed by atoms with Crippen molar-refractivity contribution in [1.82, 2.24) is 5.32 Å². The molecule has 1 aliphatic rings. The smallest absolute Gasteiger partial charge is 0.174 e. The average molecular weight is 294 g/mol. The number of benzene rings is 1. The zero-order valence-corrected chi connectivity index (χ0v) is 12.0. The summed E-state index contributed by atoms with van der Waals surface area (Å²) in [6.07, 6.45) is 0.760. The highest BCUT2D eigenvalue weighted by atomic mass is 32.2. The van der Waals surface area contributed by atoms with E-state index in [-0.39, 0.29) is 12.5 Å². The van der Waals surface area contributed by atoms with Gasteiger partial charge in [-0.05, 0) is 36.6 Å². The van der Waals surface area contributed by atoms with E-state index < -0.39 is 9.84 Å². The van der Waals surface area contributed by atoms with Crippen molar-refractivity contribution in [3.63, 3.8) is 0 Å². The largest absolute Gasteiger partial charge is 0.479 e. The maximum Gasteiger partial charge on any atom is 0.174 e. The zero-order chi connectivity index (χ0) is 14.4. The van der Waals surface area contributed by atoms with Crippen molar-refractivity contribution >= 4 is 9.84 Å². The van der Waals surface area contributed by atoms with Crippen molar-refractivity contribution in [2.24, 2.45) is 5.92 Å². The minimum absolute atomic E-state index is 0.0494. The van der Waals surface area contributed by atoms with Crippen molar-refractivity contribution in [3.05, 3.63) is 29.8 Å². The summed E-state index contributed by atoms with van der Waals surface area (Å²) in [5.41, 5.74) is 1.11. The van der Waals surface area contributed by atoms with Crippen molar-refractivity contribution in [2.45, 2.75) is 13.0 Å². The molecule has 5 nitrogen and oxygen atoms in total. The lowest BCUT2D eigenvalue weighted by Crippen LogP contribution is -2.23. The summed E-state index contributed by atoms with van der Waals surface area (Å²) >= 11 is 0. The van der Waals surface area contributed by atoms with E-state index in [0.717, 1.165) is 18.5 Å². The standard InChI is InChI=1S/C14H18N2O3S/c15-6-7-19-14-3-1-12(2-4-14)9-16-10-13-5-8-20(17,18)11-13/h1-4,13,16H,5,7-11H2. The van der Waals surface area contributed by atoms with E-state index >= 15 is 0 Å². The van der Waals surface area contributed by atoms with Crippen LogP contribution in [-0.4, -0.2) is 33.1 Å². The molecule has 0 saturated carbocycles. The molecule has 2 rings (SSSR count). The van der Waals surface area contributed by atoms with Crippen LogP contribution in [-0.2, 0) is 16.4 Å². The molecule has 1 unspecified atom stereocenters. The molecule has 1 aromatic rings. The number of ether oxygens (including phenoxy) is 1. The molecule has 1 heterocycles. The van der Waals surface area contributed by atoms with Gasteiger partial charge in [0.05, 0.1) is 11.5 Å². The number of rotatable bonds is 6. The fraction of sp³-hybridized carbons (Fsp3) is 0.500. The van der Waals surface area contributed by atoms with Crippen molar-refractivity contribution in [1.29, 1.82) is 5.26 Å². The topological polar surface area (TPSA) is 79.2 Å². The zero-order valence-electron chi connectivity index (χ0n) is 11.2. The quantitative estimate of drug-likeness (QED) is 0.850. The first-order chi connectivity index (χ1) is 9.59. The minimum Gasteiger partial charge on any atom is -0.479 e. The lowest BCUT2D eigenvalue weighted by molar-refractivity contribution is 0.368. The number of nitrogens with zero attached hydrogens (tertiary/aromatic N) is 1. The van der Waals surface area contributed by atoms with E-state index in [9.17, 15) is 8.42 Å². The second-order valence-corrected chi connectivity index (χ2v) is 7.22. The fourth-order valence-corrected chi connectivity index (χ4v) is 4.13. The third kappa shape index (κ3) is 4.51. The first-order valence-electron chi connectivity index (χ1n) is 6.59.